The van der Waals surface area contributed by atoms with Crippen molar-refractivity contribution in [3.05, 3.63) is 0 Å². The van der Waals surface area contributed by atoms with Gasteiger partial charge < -0.3 is 10.2 Å². The zero-order valence-electron chi connectivity index (χ0n) is 10.3. The van der Waals surface area contributed by atoms with Crippen LogP contribution in [0.2, 0.25) is 0 Å². The molecule has 0 amide bonds. The summed E-state index contributed by atoms with van der Waals surface area (Å²) in [6, 6.07) is 0. The fourth-order valence-corrected chi connectivity index (χ4v) is 3.62. The van der Waals surface area contributed by atoms with Crippen molar-refractivity contribution in [2.24, 2.45) is 17.8 Å². The van der Waals surface area contributed by atoms with E-state index in [1.165, 1.54) is 38.8 Å². The predicted molar refractivity (Wildman–Crippen MR) is 65.0 cm³/mol. The third-order valence-corrected chi connectivity index (χ3v) is 4.40. The highest BCUT2D eigenvalue weighted by molar-refractivity contribution is 4.90. The zero-order valence-corrected chi connectivity index (χ0v) is 10.3. The average Bonchev–Trinajstić information content (AvgIpc) is 2.79. The Morgan fingerprint density at radius 2 is 2.13 bits per heavy atom. The van der Waals surface area contributed by atoms with Gasteiger partial charge in [0.2, 0.25) is 0 Å². The summed E-state index contributed by atoms with van der Waals surface area (Å²) >= 11 is 0. The molecule has 2 aliphatic carbocycles. The summed E-state index contributed by atoms with van der Waals surface area (Å²) in [7, 11) is 4.33. The lowest BCUT2D eigenvalue weighted by molar-refractivity contribution is 0.218. The smallest absolute Gasteiger partial charge is 0.000937 e. The van der Waals surface area contributed by atoms with Crippen molar-refractivity contribution in [1.29, 1.82) is 0 Å². The monoisotopic (exact) mass is 210 g/mol. The van der Waals surface area contributed by atoms with Gasteiger partial charge in [0.15, 0.2) is 0 Å². The molecule has 0 aromatic heterocycles. The van der Waals surface area contributed by atoms with Gasteiger partial charge in [0.25, 0.3) is 0 Å². The van der Waals surface area contributed by atoms with Gasteiger partial charge in [-0.3, -0.25) is 0 Å². The SMILES string of the molecule is CNCCCN(C)CC1CC2CCC1C2. The van der Waals surface area contributed by atoms with Gasteiger partial charge in [-0.1, -0.05) is 6.42 Å². The number of rotatable bonds is 6. The molecule has 88 valence electrons. The highest BCUT2D eigenvalue weighted by Crippen LogP contribution is 2.48. The molecule has 0 aromatic rings. The Kier molecular flexibility index (Phi) is 4.04. The van der Waals surface area contributed by atoms with Crippen LogP contribution in [-0.4, -0.2) is 38.6 Å². The molecule has 2 rings (SSSR count). The van der Waals surface area contributed by atoms with E-state index < -0.39 is 0 Å². The van der Waals surface area contributed by atoms with Crippen LogP contribution in [0.1, 0.15) is 32.1 Å². The molecule has 0 aliphatic heterocycles. The minimum atomic E-state index is 1.03. The van der Waals surface area contributed by atoms with Crippen molar-refractivity contribution >= 4 is 0 Å². The van der Waals surface area contributed by atoms with E-state index >= 15 is 0 Å². The van der Waals surface area contributed by atoms with Crippen LogP contribution in [0.3, 0.4) is 0 Å². The first-order chi connectivity index (χ1) is 7.29. The Hall–Kier alpha value is -0.0800. The molecule has 2 saturated carbocycles. The fraction of sp³-hybridized carbons (Fsp3) is 1.00. The topological polar surface area (TPSA) is 15.3 Å². The number of hydrogen-bond donors (Lipinski definition) is 1. The van der Waals surface area contributed by atoms with Gasteiger partial charge in [0.05, 0.1) is 0 Å². The molecule has 0 saturated heterocycles. The second-order valence-corrected chi connectivity index (χ2v) is 5.65. The van der Waals surface area contributed by atoms with Crippen molar-refractivity contribution in [3.63, 3.8) is 0 Å². The second kappa shape index (κ2) is 5.31. The molecule has 2 bridgehead atoms. The van der Waals surface area contributed by atoms with Crippen LogP contribution in [0.15, 0.2) is 0 Å². The molecule has 2 nitrogen and oxygen atoms in total. The normalized spacial score (nSPS) is 34.2. The van der Waals surface area contributed by atoms with Crippen molar-refractivity contribution in [2.75, 3.05) is 33.7 Å². The molecule has 2 fully saturated rings. The lowest BCUT2D eigenvalue weighted by atomic mass is 9.88. The Morgan fingerprint density at radius 3 is 2.73 bits per heavy atom. The maximum absolute atomic E-state index is 3.22. The number of nitrogens with one attached hydrogen (secondary N) is 1. The van der Waals surface area contributed by atoms with Crippen molar-refractivity contribution in [3.8, 4) is 0 Å². The van der Waals surface area contributed by atoms with Gasteiger partial charge >= 0.3 is 0 Å². The number of fused-ring (bicyclic) bond motifs is 2. The first kappa shape index (κ1) is 11.4. The Labute approximate surface area is 94.4 Å². The van der Waals surface area contributed by atoms with Crippen LogP contribution in [0, 0.1) is 17.8 Å². The summed E-state index contributed by atoms with van der Waals surface area (Å²) in [4.78, 5) is 2.54. The van der Waals surface area contributed by atoms with Crippen LogP contribution in [0.25, 0.3) is 0 Å². The predicted octanol–water partition coefficient (Wildman–Crippen LogP) is 1.96. The highest BCUT2D eigenvalue weighted by Gasteiger charge is 2.39. The van der Waals surface area contributed by atoms with E-state index in [2.05, 4.69) is 17.3 Å². The van der Waals surface area contributed by atoms with Gasteiger partial charge in [-0.25, -0.2) is 0 Å². The first-order valence-electron chi connectivity index (χ1n) is 6.62. The van der Waals surface area contributed by atoms with Crippen LogP contribution in [0.4, 0.5) is 0 Å². The summed E-state index contributed by atoms with van der Waals surface area (Å²) in [5.74, 6) is 3.22. The van der Waals surface area contributed by atoms with Crippen molar-refractivity contribution in [1.82, 2.24) is 10.2 Å². The van der Waals surface area contributed by atoms with E-state index in [-0.39, 0.29) is 0 Å². The van der Waals surface area contributed by atoms with Gasteiger partial charge in [-0.15, -0.1) is 0 Å². The third kappa shape index (κ3) is 2.94. The van der Waals surface area contributed by atoms with E-state index in [1.807, 2.05) is 7.05 Å². The molecule has 2 aliphatic rings. The molecule has 0 aromatic carbocycles. The lowest BCUT2D eigenvalue weighted by Gasteiger charge is -2.27. The fourth-order valence-electron chi connectivity index (χ4n) is 3.62. The lowest BCUT2D eigenvalue weighted by Crippen LogP contribution is -2.30. The summed E-state index contributed by atoms with van der Waals surface area (Å²) in [6.07, 6.45) is 7.42. The number of nitrogens with zero attached hydrogens (tertiary/aromatic N) is 1. The molecule has 0 heterocycles. The third-order valence-electron chi connectivity index (χ3n) is 4.40. The van der Waals surface area contributed by atoms with E-state index in [1.54, 1.807) is 6.42 Å². The zero-order chi connectivity index (χ0) is 10.7. The summed E-state index contributed by atoms with van der Waals surface area (Å²) in [6.45, 7) is 3.76. The first-order valence-corrected chi connectivity index (χ1v) is 6.62. The minimum absolute atomic E-state index is 1.03. The Morgan fingerprint density at radius 1 is 1.27 bits per heavy atom. The minimum Gasteiger partial charge on any atom is -0.320 e. The largest absolute Gasteiger partial charge is 0.320 e. The second-order valence-electron chi connectivity index (χ2n) is 5.65. The van der Waals surface area contributed by atoms with E-state index in [4.69, 9.17) is 0 Å². The summed E-state index contributed by atoms with van der Waals surface area (Å²) in [5.41, 5.74) is 0. The average molecular weight is 210 g/mol. The summed E-state index contributed by atoms with van der Waals surface area (Å²) < 4.78 is 0. The summed E-state index contributed by atoms with van der Waals surface area (Å²) in [5, 5.41) is 3.22. The van der Waals surface area contributed by atoms with E-state index in [0.29, 0.717) is 0 Å². The van der Waals surface area contributed by atoms with Gasteiger partial charge in [0, 0.05) is 6.54 Å². The van der Waals surface area contributed by atoms with Crippen LogP contribution in [0.5, 0.6) is 0 Å². The molecule has 1 N–H and O–H groups in total. The number of hydrogen-bond acceptors (Lipinski definition) is 2. The van der Waals surface area contributed by atoms with E-state index in [0.717, 1.165) is 24.3 Å². The van der Waals surface area contributed by atoms with Crippen molar-refractivity contribution < 1.29 is 0 Å². The molecular weight excluding hydrogens is 184 g/mol. The maximum Gasteiger partial charge on any atom is 0.000937 e. The highest BCUT2D eigenvalue weighted by atomic mass is 15.1. The molecule has 2 heteroatoms. The van der Waals surface area contributed by atoms with Gasteiger partial charge in [-0.2, -0.15) is 0 Å². The molecule has 15 heavy (non-hydrogen) atoms. The molecular formula is C13H26N2. The van der Waals surface area contributed by atoms with Crippen LogP contribution in [-0.2, 0) is 0 Å². The molecule has 0 spiro atoms. The van der Waals surface area contributed by atoms with Crippen molar-refractivity contribution in [2.45, 2.75) is 32.1 Å². The van der Waals surface area contributed by atoms with Crippen LogP contribution >= 0.6 is 0 Å². The van der Waals surface area contributed by atoms with E-state index in [9.17, 15) is 0 Å². The van der Waals surface area contributed by atoms with Gasteiger partial charge in [0.1, 0.15) is 0 Å². The van der Waals surface area contributed by atoms with Gasteiger partial charge in [-0.05, 0) is 70.6 Å². The standard InChI is InChI=1S/C13H26N2/c1-14-6-3-7-15(2)10-13-9-11-4-5-12(13)8-11/h11-14H,3-10H2,1-2H3. The molecule has 0 radical (unpaired) electrons. The molecule has 3 atom stereocenters. The maximum atomic E-state index is 3.22. The quantitative estimate of drug-likeness (QED) is 0.674. The molecule has 3 unspecified atom stereocenters. The Balaban J connectivity index is 1.64. The Bertz CT molecular complexity index is 193. The van der Waals surface area contributed by atoms with Crippen LogP contribution < -0.4 is 5.32 Å².